The second kappa shape index (κ2) is 23.4. The molecular weight excluding hydrogens is 680 g/mol. The SMILES string of the molecule is CCCCC1C(=O)N(C)C(CCC)C(=O)NC(C2CCCCC2)C(=O)NC(CNC(=O)OC(C)(C)C)C(=O)NC(CNC)C(=O)NCCN1CCCC. The molecule has 0 aromatic rings. The zero-order chi connectivity index (χ0) is 39.6. The fourth-order valence-electron chi connectivity index (χ4n) is 7.02. The summed E-state index contributed by atoms with van der Waals surface area (Å²) in [5.41, 5.74) is -0.800. The van der Waals surface area contributed by atoms with E-state index < -0.39 is 65.5 Å². The Labute approximate surface area is 317 Å². The Morgan fingerprint density at radius 2 is 1.43 bits per heavy atom. The molecule has 1 saturated carbocycles. The van der Waals surface area contributed by atoms with Crippen LogP contribution in [-0.4, -0.2) is 128 Å². The molecule has 15 heteroatoms. The number of carbonyl (C=O) groups is 6. The molecule has 0 aromatic carbocycles. The summed E-state index contributed by atoms with van der Waals surface area (Å²) < 4.78 is 5.37. The minimum Gasteiger partial charge on any atom is -0.444 e. The second-order valence-corrected chi connectivity index (χ2v) is 15.5. The Hall–Kier alpha value is -3.46. The smallest absolute Gasteiger partial charge is 0.407 e. The summed E-state index contributed by atoms with van der Waals surface area (Å²) >= 11 is 0. The molecule has 1 heterocycles. The molecule has 0 aromatic heterocycles. The van der Waals surface area contributed by atoms with Gasteiger partial charge in [-0.3, -0.25) is 28.9 Å². The van der Waals surface area contributed by atoms with Crippen molar-refractivity contribution in [3.8, 4) is 0 Å². The van der Waals surface area contributed by atoms with Crippen LogP contribution in [0, 0.1) is 5.92 Å². The van der Waals surface area contributed by atoms with Gasteiger partial charge in [0, 0.05) is 26.7 Å². The highest BCUT2D eigenvalue weighted by atomic mass is 16.6. The molecule has 6 amide bonds. The van der Waals surface area contributed by atoms with E-state index in [4.69, 9.17) is 4.74 Å². The van der Waals surface area contributed by atoms with E-state index in [9.17, 15) is 28.8 Å². The van der Waals surface area contributed by atoms with Crippen LogP contribution in [-0.2, 0) is 28.7 Å². The Morgan fingerprint density at radius 3 is 2.04 bits per heavy atom. The van der Waals surface area contributed by atoms with Gasteiger partial charge in [-0.25, -0.2) is 4.79 Å². The van der Waals surface area contributed by atoms with E-state index in [1.54, 1.807) is 39.8 Å². The van der Waals surface area contributed by atoms with Crippen LogP contribution < -0.4 is 31.9 Å². The molecule has 5 unspecified atom stereocenters. The number of hydrogen-bond acceptors (Lipinski definition) is 9. The van der Waals surface area contributed by atoms with Crippen molar-refractivity contribution in [1.82, 2.24) is 41.7 Å². The first kappa shape index (κ1) is 45.7. The lowest BCUT2D eigenvalue weighted by Crippen LogP contribution is -2.63. The van der Waals surface area contributed by atoms with E-state index in [1.807, 2.05) is 6.92 Å². The van der Waals surface area contributed by atoms with E-state index in [0.29, 0.717) is 45.2 Å². The van der Waals surface area contributed by atoms with Crippen LogP contribution >= 0.6 is 0 Å². The van der Waals surface area contributed by atoms with E-state index >= 15 is 0 Å². The summed E-state index contributed by atoms with van der Waals surface area (Å²) in [6.45, 7) is 12.3. The first-order valence-electron chi connectivity index (χ1n) is 20.0. The maximum Gasteiger partial charge on any atom is 0.407 e. The molecule has 1 aliphatic carbocycles. The number of nitrogens with zero attached hydrogens (tertiary/aromatic N) is 2. The largest absolute Gasteiger partial charge is 0.444 e. The van der Waals surface area contributed by atoms with Gasteiger partial charge in [-0.1, -0.05) is 65.7 Å². The highest BCUT2D eigenvalue weighted by molar-refractivity contribution is 5.96. The molecular formula is C38H70N8O7. The first-order valence-corrected chi connectivity index (χ1v) is 20.0. The van der Waals surface area contributed by atoms with Crippen LogP contribution in [0.3, 0.4) is 0 Å². The normalized spacial score (nSPS) is 25.4. The number of hydrogen-bond donors (Lipinski definition) is 6. The topological polar surface area (TPSA) is 190 Å². The average Bonchev–Trinajstić information content (AvgIpc) is 3.11. The number of alkyl carbamates (subject to hydrolysis) is 1. The third-order valence-electron chi connectivity index (χ3n) is 9.96. The summed E-state index contributed by atoms with van der Waals surface area (Å²) in [5.74, 6) is -2.48. The van der Waals surface area contributed by atoms with Crippen LogP contribution in [0.5, 0.6) is 0 Å². The lowest BCUT2D eigenvalue weighted by Gasteiger charge is -2.38. The van der Waals surface area contributed by atoms with Gasteiger partial charge in [0.05, 0.1) is 12.6 Å². The number of likely N-dealkylation sites (N-methyl/N-ethyl adjacent to an activating group) is 2. The highest BCUT2D eigenvalue weighted by Crippen LogP contribution is 2.27. The van der Waals surface area contributed by atoms with Crippen molar-refractivity contribution >= 4 is 35.6 Å². The molecule has 304 valence electrons. The molecule has 2 aliphatic rings. The summed E-state index contributed by atoms with van der Waals surface area (Å²) in [5, 5.41) is 17.0. The predicted octanol–water partition coefficient (Wildman–Crippen LogP) is 2.18. The first-order chi connectivity index (χ1) is 25.2. The molecule has 5 atom stereocenters. The van der Waals surface area contributed by atoms with E-state index in [-0.39, 0.29) is 31.5 Å². The van der Waals surface area contributed by atoms with Crippen LogP contribution in [0.4, 0.5) is 4.79 Å². The van der Waals surface area contributed by atoms with Gasteiger partial charge in [-0.15, -0.1) is 0 Å². The van der Waals surface area contributed by atoms with Crippen molar-refractivity contribution < 1.29 is 33.5 Å². The Morgan fingerprint density at radius 1 is 0.792 bits per heavy atom. The van der Waals surface area contributed by atoms with Crippen molar-refractivity contribution in [2.75, 3.05) is 46.8 Å². The summed E-state index contributed by atoms with van der Waals surface area (Å²) in [6.07, 6.45) is 8.52. The summed E-state index contributed by atoms with van der Waals surface area (Å²) in [4.78, 5) is 86.7. The number of carbonyl (C=O) groups excluding carboxylic acids is 6. The van der Waals surface area contributed by atoms with E-state index in [0.717, 1.165) is 44.9 Å². The summed E-state index contributed by atoms with van der Waals surface area (Å²) in [7, 11) is 3.32. The van der Waals surface area contributed by atoms with Crippen molar-refractivity contribution in [1.29, 1.82) is 0 Å². The van der Waals surface area contributed by atoms with Gasteiger partial charge in [0.25, 0.3) is 0 Å². The monoisotopic (exact) mass is 751 g/mol. The second-order valence-electron chi connectivity index (χ2n) is 15.5. The van der Waals surface area contributed by atoms with E-state index in [2.05, 4.69) is 50.6 Å². The van der Waals surface area contributed by atoms with Gasteiger partial charge in [-0.05, 0) is 72.4 Å². The van der Waals surface area contributed by atoms with Crippen molar-refractivity contribution in [2.24, 2.45) is 5.92 Å². The number of unbranched alkanes of at least 4 members (excludes halogenated alkanes) is 2. The molecule has 1 saturated heterocycles. The minimum atomic E-state index is -1.30. The molecule has 1 aliphatic heterocycles. The molecule has 2 fully saturated rings. The van der Waals surface area contributed by atoms with Gasteiger partial charge in [0.1, 0.15) is 29.8 Å². The fraction of sp³-hybridized carbons (Fsp3) is 0.842. The van der Waals surface area contributed by atoms with Crippen molar-refractivity contribution in [2.45, 2.75) is 154 Å². The number of ether oxygens (including phenoxy) is 1. The van der Waals surface area contributed by atoms with Gasteiger partial charge < -0.3 is 41.5 Å². The number of rotatable bonds is 13. The standard InChI is InChI=1S/C38H70N8O7/c1-9-12-20-30-36(51)45(8)29(17-11-3)34(49)44-31(26-18-15-14-16-19-26)35(50)43-28(25-41-37(52)53-38(4,5)6)33(48)42-27(24-39-7)32(47)40-21-23-46(30)22-13-10-2/h26-31,39H,9-25H2,1-8H3,(H,40,47)(H,41,52)(H,42,48)(H,43,50)(H,44,49). The maximum atomic E-state index is 14.4. The van der Waals surface area contributed by atoms with Crippen LogP contribution in [0.2, 0.25) is 0 Å². The molecule has 53 heavy (non-hydrogen) atoms. The molecule has 2 rings (SSSR count). The van der Waals surface area contributed by atoms with Crippen molar-refractivity contribution in [3.05, 3.63) is 0 Å². The fourth-order valence-corrected chi connectivity index (χ4v) is 7.02. The van der Waals surface area contributed by atoms with Gasteiger partial charge >= 0.3 is 6.09 Å². The molecule has 0 bridgehead atoms. The summed E-state index contributed by atoms with van der Waals surface area (Å²) in [6, 6.07) is -4.63. The van der Waals surface area contributed by atoms with Gasteiger partial charge in [0.2, 0.25) is 29.5 Å². The molecule has 0 radical (unpaired) electrons. The van der Waals surface area contributed by atoms with Crippen molar-refractivity contribution in [3.63, 3.8) is 0 Å². The highest BCUT2D eigenvalue weighted by Gasteiger charge is 2.39. The Kier molecular flexibility index (Phi) is 20.1. The zero-order valence-electron chi connectivity index (χ0n) is 33.7. The predicted molar refractivity (Wildman–Crippen MR) is 205 cm³/mol. The zero-order valence-corrected chi connectivity index (χ0v) is 33.7. The van der Waals surface area contributed by atoms with Crippen LogP contribution in [0.15, 0.2) is 0 Å². The maximum absolute atomic E-state index is 14.4. The number of amides is 6. The Bertz CT molecular complexity index is 1190. The molecule has 15 nitrogen and oxygen atoms in total. The van der Waals surface area contributed by atoms with E-state index in [1.165, 1.54) is 0 Å². The molecule has 6 N–H and O–H groups in total. The van der Waals surface area contributed by atoms with Gasteiger partial charge in [0.15, 0.2) is 0 Å². The third-order valence-corrected chi connectivity index (χ3v) is 9.96. The average molecular weight is 751 g/mol. The quantitative estimate of drug-likeness (QED) is 0.164. The lowest BCUT2D eigenvalue weighted by atomic mass is 9.83. The van der Waals surface area contributed by atoms with Crippen LogP contribution in [0.1, 0.15) is 119 Å². The number of nitrogens with one attached hydrogen (secondary N) is 6. The van der Waals surface area contributed by atoms with Gasteiger partial charge in [-0.2, -0.15) is 0 Å². The molecule has 0 spiro atoms. The van der Waals surface area contributed by atoms with Crippen LogP contribution in [0.25, 0.3) is 0 Å². The Balaban J connectivity index is 2.63. The third kappa shape index (κ3) is 15.4. The minimum absolute atomic E-state index is 0.0965. The lowest BCUT2D eigenvalue weighted by molar-refractivity contribution is -0.145.